The van der Waals surface area contributed by atoms with Crippen LogP contribution in [0.1, 0.15) is 5.69 Å². The Kier molecular flexibility index (Phi) is 1.60. The third kappa shape index (κ3) is 1.36. The van der Waals surface area contributed by atoms with Gasteiger partial charge in [0, 0.05) is 0 Å². The minimum Gasteiger partial charge on any atom is -0.290 e. The van der Waals surface area contributed by atoms with Gasteiger partial charge in [-0.25, -0.2) is 0 Å². The van der Waals surface area contributed by atoms with Crippen LogP contribution in [0.15, 0.2) is 12.1 Å². The van der Waals surface area contributed by atoms with Crippen molar-refractivity contribution in [2.45, 2.75) is 6.92 Å². The van der Waals surface area contributed by atoms with E-state index in [9.17, 15) is 0 Å². The SMILES string of the molecule is Cc1ccc(NO)nn1. The first-order valence-corrected chi connectivity index (χ1v) is 2.53. The molecule has 0 aromatic carbocycles. The van der Waals surface area contributed by atoms with E-state index < -0.39 is 0 Å². The summed E-state index contributed by atoms with van der Waals surface area (Å²) in [7, 11) is 0. The van der Waals surface area contributed by atoms with Crippen LogP contribution in [0.5, 0.6) is 0 Å². The highest BCUT2D eigenvalue weighted by Gasteiger charge is 1.88. The standard InChI is InChI=1S/C5H7N3O/c1-4-2-3-5(8-9)7-6-4/h2-3,9H,1H3,(H,7,8). The molecule has 0 saturated carbocycles. The Bertz CT molecular complexity index is 184. The lowest BCUT2D eigenvalue weighted by Gasteiger charge is -1.93. The molecule has 0 unspecified atom stereocenters. The molecule has 0 fully saturated rings. The summed E-state index contributed by atoms with van der Waals surface area (Å²) in [6.07, 6.45) is 0. The van der Waals surface area contributed by atoms with Gasteiger partial charge in [0.2, 0.25) is 0 Å². The van der Waals surface area contributed by atoms with Gasteiger partial charge in [-0.15, -0.1) is 5.10 Å². The fraction of sp³-hybridized carbons (Fsp3) is 0.200. The fourth-order valence-corrected chi connectivity index (χ4v) is 0.459. The molecule has 48 valence electrons. The summed E-state index contributed by atoms with van der Waals surface area (Å²) in [4.78, 5) is 0. The van der Waals surface area contributed by atoms with Gasteiger partial charge in [0.15, 0.2) is 5.82 Å². The molecule has 0 aliphatic rings. The molecule has 2 N–H and O–H groups in total. The van der Waals surface area contributed by atoms with Gasteiger partial charge in [-0.05, 0) is 19.1 Å². The average molecular weight is 125 g/mol. The molecule has 0 saturated heterocycles. The maximum absolute atomic E-state index is 8.28. The molecular formula is C5H7N3O. The van der Waals surface area contributed by atoms with Crippen LogP contribution in [0.3, 0.4) is 0 Å². The number of nitrogens with one attached hydrogen (secondary N) is 1. The van der Waals surface area contributed by atoms with Crippen molar-refractivity contribution < 1.29 is 5.21 Å². The predicted molar refractivity (Wildman–Crippen MR) is 32.2 cm³/mol. The van der Waals surface area contributed by atoms with Crippen LogP contribution in [-0.4, -0.2) is 15.4 Å². The number of aromatic nitrogens is 2. The van der Waals surface area contributed by atoms with Gasteiger partial charge in [0.05, 0.1) is 5.69 Å². The Labute approximate surface area is 52.5 Å². The van der Waals surface area contributed by atoms with Crippen molar-refractivity contribution in [3.8, 4) is 0 Å². The first-order chi connectivity index (χ1) is 4.33. The molecule has 1 aromatic rings. The van der Waals surface area contributed by atoms with E-state index in [1.54, 1.807) is 12.1 Å². The molecule has 1 aromatic heterocycles. The van der Waals surface area contributed by atoms with Crippen molar-refractivity contribution in [2.75, 3.05) is 5.48 Å². The number of nitrogens with zero attached hydrogens (tertiary/aromatic N) is 2. The van der Waals surface area contributed by atoms with Crippen molar-refractivity contribution in [1.82, 2.24) is 10.2 Å². The fourth-order valence-electron chi connectivity index (χ4n) is 0.459. The zero-order chi connectivity index (χ0) is 6.69. The zero-order valence-electron chi connectivity index (χ0n) is 5.00. The van der Waals surface area contributed by atoms with E-state index >= 15 is 0 Å². The maximum Gasteiger partial charge on any atom is 0.172 e. The zero-order valence-corrected chi connectivity index (χ0v) is 5.00. The minimum absolute atomic E-state index is 0.362. The molecule has 1 heterocycles. The minimum atomic E-state index is 0.362. The number of hydrogen-bond donors (Lipinski definition) is 2. The largest absolute Gasteiger partial charge is 0.290 e. The van der Waals surface area contributed by atoms with Crippen molar-refractivity contribution >= 4 is 5.82 Å². The summed E-state index contributed by atoms with van der Waals surface area (Å²) in [5.74, 6) is 0.362. The number of hydrogen-bond acceptors (Lipinski definition) is 4. The number of aryl methyl sites for hydroxylation is 1. The summed E-state index contributed by atoms with van der Waals surface area (Å²) in [6, 6.07) is 3.40. The third-order valence-electron chi connectivity index (χ3n) is 0.912. The highest BCUT2D eigenvalue weighted by Crippen LogP contribution is 1.97. The van der Waals surface area contributed by atoms with E-state index in [0.29, 0.717) is 5.82 Å². The summed E-state index contributed by atoms with van der Waals surface area (Å²) in [6.45, 7) is 1.83. The molecule has 0 spiro atoms. The first kappa shape index (κ1) is 5.97. The van der Waals surface area contributed by atoms with Crippen LogP contribution in [0.25, 0.3) is 0 Å². The Balaban J connectivity index is 2.88. The molecule has 0 amide bonds. The van der Waals surface area contributed by atoms with Gasteiger partial charge < -0.3 is 0 Å². The second kappa shape index (κ2) is 2.41. The molecule has 9 heavy (non-hydrogen) atoms. The number of rotatable bonds is 1. The van der Waals surface area contributed by atoms with Crippen LogP contribution >= 0.6 is 0 Å². The summed E-state index contributed by atoms with van der Waals surface area (Å²) < 4.78 is 0. The van der Waals surface area contributed by atoms with Crippen molar-refractivity contribution in [1.29, 1.82) is 0 Å². The quantitative estimate of drug-likeness (QED) is 0.539. The smallest absolute Gasteiger partial charge is 0.172 e. The molecule has 0 atom stereocenters. The van der Waals surface area contributed by atoms with E-state index in [0.717, 1.165) is 5.69 Å². The van der Waals surface area contributed by atoms with Crippen LogP contribution in [0.4, 0.5) is 5.82 Å². The van der Waals surface area contributed by atoms with Gasteiger partial charge in [-0.2, -0.15) is 5.10 Å². The first-order valence-electron chi connectivity index (χ1n) is 2.53. The van der Waals surface area contributed by atoms with Crippen LogP contribution in [0.2, 0.25) is 0 Å². The lowest BCUT2D eigenvalue weighted by Crippen LogP contribution is -1.94. The normalized spacial score (nSPS) is 9.11. The molecule has 4 nitrogen and oxygen atoms in total. The molecule has 4 heteroatoms. The van der Waals surface area contributed by atoms with Gasteiger partial charge >= 0.3 is 0 Å². The Morgan fingerprint density at radius 2 is 2.22 bits per heavy atom. The second-order valence-corrected chi connectivity index (χ2v) is 1.67. The van der Waals surface area contributed by atoms with E-state index in [1.807, 2.05) is 12.4 Å². The molecule has 1 rings (SSSR count). The van der Waals surface area contributed by atoms with Gasteiger partial charge in [-0.1, -0.05) is 0 Å². The average Bonchev–Trinajstić information content (AvgIpc) is 1.90. The van der Waals surface area contributed by atoms with E-state index in [1.165, 1.54) is 0 Å². The van der Waals surface area contributed by atoms with Gasteiger partial charge in [0.1, 0.15) is 0 Å². The summed E-state index contributed by atoms with van der Waals surface area (Å²) in [5.41, 5.74) is 2.71. The van der Waals surface area contributed by atoms with Crippen LogP contribution < -0.4 is 5.48 Å². The number of anilines is 1. The van der Waals surface area contributed by atoms with E-state index in [-0.39, 0.29) is 0 Å². The highest BCUT2D eigenvalue weighted by atomic mass is 16.5. The van der Waals surface area contributed by atoms with Crippen LogP contribution in [0, 0.1) is 6.92 Å². The molecule has 0 aliphatic heterocycles. The Morgan fingerprint density at radius 1 is 1.44 bits per heavy atom. The van der Waals surface area contributed by atoms with Gasteiger partial charge in [-0.3, -0.25) is 10.7 Å². The third-order valence-corrected chi connectivity index (χ3v) is 0.912. The lowest BCUT2D eigenvalue weighted by atomic mass is 10.4. The van der Waals surface area contributed by atoms with E-state index in [4.69, 9.17) is 5.21 Å². The predicted octanol–water partition coefficient (Wildman–Crippen LogP) is 0.586. The highest BCUT2D eigenvalue weighted by molar-refractivity contribution is 5.28. The topological polar surface area (TPSA) is 58.0 Å². The van der Waals surface area contributed by atoms with Crippen molar-refractivity contribution in [2.24, 2.45) is 0 Å². The monoisotopic (exact) mass is 125 g/mol. The Hall–Kier alpha value is -1.16. The summed E-state index contributed by atoms with van der Waals surface area (Å²) in [5, 5.41) is 15.5. The van der Waals surface area contributed by atoms with Gasteiger partial charge in [0.25, 0.3) is 0 Å². The summed E-state index contributed by atoms with van der Waals surface area (Å²) >= 11 is 0. The van der Waals surface area contributed by atoms with Crippen molar-refractivity contribution in [3.05, 3.63) is 17.8 Å². The lowest BCUT2D eigenvalue weighted by molar-refractivity contribution is 0.385. The molecule has 0 aliphatic carbocycles. The Morgan fingerprint density at radius 3 is 2.67 bits per heavy atom. The molecule has 0 bridgehead atoms. The maximum atomic E-state index is 8.28. The van der Waals surface area contributed by atoms with Crippen LogP contribution in [-0.2, 0) is 0 Å². The second-order valence-electron chi connectivity index (χ2n) is 1.67. The van der Waals surface area contributed by atoms with E-state index in [2.05, 4.69) is 10.2 Å². The van der Waals surface area contributed by atoms with Crippen molar-refractivity contribution in [3.63, 3.8) is 0 Å². The molecule has 0 radical (unpaired) electrons. The molecular weight excluding hydrogens is 118 g/mol.